The number of ether oxygens (including phenoxy) is 2. The molecule has 2 fully saturated rings. The van der Waals surface area contributed by atoms with Gasteiger partial charge in [0.2, 0.25) is 0 Å². The van der Waals surface area contributed by atoms with Gasteiger partial charge in [0.1, 0.15) is 18.1 Å². The summed E-state index contributed by atoms with van der Waals surface area (Å²) in [5, 5.41) is 14.6. The highest BCUT2D eigenvalue weighted by Gasteiger charge is 2.42. The van der Waals surface area contributed by atoms with Crippen molar-refractivity contribution in [2.75, 3.05) is 32.8 Å². The maximum absolute atomic E-state index is 12.2. The van der Waals surface area contributed by atoms with E-state index in [0.29, 0.717) is 18.8 Å². The molecule has 2 aromatic rings. The van der Waals surface area contributed by atoms with Gasteiger partial charge in [-0.1, -0.05) is 12.1 Å². The van der Waals surface area contributed by atoms with E-state index in [9.17, 15) is 4.79 Å². The highest BCUT2D eigenvalue weighted by atomic mass is 32.1. The Balaban J connectivity index is 1.22. The number of aliphatic hydroxyl groups is 1. The Hall–Kier alpha value is -2.00. The fourth-order valence-electron chi connectivity index (χ4n) is 4.45. The number of nitrogens with one attached hydrogen (secondary N) is 1. The molecule has 1 aromatic heterocycles. The maximum Gasteiger partial charge on any atom is 0.270 e. The second-order valence-corrected chi connectivity index (χ2v) is 9.48. The van der Waals surface area contributed by atoms with Gasteiger partial charge >= 0.3 is 0 Å². The third-order valence-corrected chi connectivity index (χ3v) is 6.89. The van der Waals surface area contributed by atoms with Crippen molar-refractivity contribution in [3.63, 3.8) is 0 Å². The maximum atomic E-state index is 12.2. The molecule has 1 amide bonds. The normalized spacial score (nSPS) is 20.8. The number of carbonyl (C=O) groups excluding carboxylic acids is 1. The summed E-state index contributed by atoms with van der Waals surface area (Å²) in [5.41, 5.74) is 1.67. The molecule has 2 saturated heterocycles. The number of aryl methyl sites for hydroxylation is 1. The average molecular weight is 446 g/mol. The van der Waals surface area contributed by atoms with Crippen molar-refractivity contribution in [1.29, 1.82) is 0 Å². The lowest BCUT2D eigenvalue weighted by atomic mass is 9.88. The summed E-state index contributed by atoms with van der Waals surface area (Å²) >= 11 is 1.49. The first-order valence-corrected chi connectivity index (χ1v) is 11.9. The zero-order valence-electron chi connectivity index (χ0n) is 18.0. The van der Waals surface area contributed by atoms with E-state index in [1.807, 2.05) is 19.1 Å². The van der Waals surface area contributed by atoms with Crippen LogP contribution in [0, 0.1) is 6.92 Å². The first kappa shape index (κ1) is 22.2. The Bertz CT molecular complexity index is 879. The standard InChI is InChI=1S/C23H31N3O4S/c1-17-25-21(16-31-17)22(28)24-14-20-5-6-23(30-20)7-9-26(10-8-23)15-18-3-2-4-19(13-18)29-12-11-27/h2-4,13,16,20,27H,5-12,14-15H2,1H3,(H,24,28)/t20-/m1/s1. The third kappa shape index (κ3) is 5.83. The van der Waals surface area contributed by atoms with Crippen LogP contribution in [-0.2, 0) is 11.3 Å². The fraction of sp³-hybridized carbons (Fsp3) is 0.565. The van der Waals surface area contributed by atoms with Crippen LogP contribution < -0.4 is 10.1 Å². The molecule has 1 spiro atoms. The van der Waals surface area contributed by atoms with Crippen molar-refractivity contribution >= 4 is 17.2 Å². The molecule has 1 atom stereocenters. The van der Waals surface area contributed by atoms with Crippen LogP contribution in [-0.4, -0.2) is 65.5 Å². The monoisotopic (exact) mass is 445 g/mol. The molecule has 2 aliphatic heterocycles. The minimum absolute atomic E-state index is 0.0215. The van der Waals surface area contributed by atoms with E-state index in [1.54, 1.807) is 5.38 Å². The van der Waals surface area contributed by atoms with E-state index in [2.05, 4.69) is 27.3 Å². The number of piperidine rings is 1. The zero-order chi connectivity index (χ0) is 21.7. The number of benzene rings is 1. The minimum atomic E-state index is -0.117. The summed E-state index contributed by atoms with van der Waals surface area (Å²) in [6.45, 7) is 5.67. The third-order valence-electron chi connectivity index (χ3n) is 6.11. The Morgan fingerprint density at radius 2 is 2.23 bits per heavy atom. The second kappa shape index (κ2) is 10.1. The molecule has 0 unspecified atom stereocenters. The largest absolute Gasteiger partial charge is 0.491 e. The number of aliphatic hydroxyl groups excluding tert-OH is 1. The molecule has 2 aliphatic rings. The minimum Gasteiger partial charge on any atom is -0.491 e. The van der Waals surface area contributed by atoms with Gasteiger partial charge in [0.25, 0.3) is 5.91 Å². The van der Waals surface area contributed by atoms with Gasteiger partial charge in [0, 0.05) is 31.6 Å². The lowest BCUT2D eigenvalue weighted by molar-refractivity contribution is -0.0764. The summed E-state index contributed by atoms with van der Waals surface area (Å²) < 4.78 is 12.0. The molecule has 1 aromatic carbocycles. The summed E-state index contributed by atoms with van der Waals surface area (Å²) in [7, 11) is 0. The zero-order valence-corrected chi connectivity index (χ0v) is 18.8. The summed E-state index contributed by atoms with van der Waals surface area (Å²) in [6.07, 6.45) is 4.16. The molecule has 0 bridgehead atoms. The Morgan fingerprint density at radius 1 is 1.39 bits per heavy atom. The van der Waals surface area contributed by atoms with Gasteiger partial charge in [-0.25, -0.2) is 4.98 Å². The topological polar surface area (TPSA) is 83.9 Å². The molecule has 4 rings (SSSR count). The summed E-state index contributed by atoms with van der Waals surface area (Å²) in [5.74, 6) is 0.686. The van der Waals surface area contributed by atoms with Crippen molar-refractivity contribution in [1.82, 2.24) is 15.2 Å². The van der Waals surface area contributed by atoms with Crippen molar-refractivity contribution < 1.29 is 19.4 Å². The van der Waals surface area contributed by atoms with Gasteiger partial charge < -0.3 is 19.9 Å². The predicted octanol–water partition coefficient (Wildman–Crippen LogP) is 2.77. The Kier molecular flexibility index (Phi) is 7.22. The van der Waals surface area contributed by atoms with Crippen LogP contribution in [0.3, 0.4) is 0 Å². The molecular weight excluding hydrogens is 414 g/mol. The van der Waals surface area contributed by atoms with Gasteiger partial charge in [-0.2, -0.15) is 0 Å². The second-order valence-electron chi connectivity index (χ2n) is 8.42. The predicted molar refractivity (Wildman–Crippen MR) is 120 cm³/mol. The molecule has 2 N–H and O–H groups in total. The molecule has 168 valence electrons. The molecule has 3 heterocycles. The lowest BCUT2D eigenvalue weighted by Crippen LogP contribution is -2.44. The van der Waals surface area contributed by atoms with Crippen molar-refractivity contribution in [3.05, 3.63) is 45.9 Å². The number of rotatable bonds is 8. The number of likely N-dealkylation sites (tertiary alicyclic amines) is 1. The van der Waals surface area contributed by atoms with Gasteiger partial charge in [-0.05, 0) is 50.3 Å². The number of thiazole rings is 1. The van der Waals surface area contributed by atoms with Crippen LogP contribution in [0.15, 0.2) is 29.6 Å². The SMILES string of the molecule is Cc1nc(C(=O)NC[C@H]2CCC3(CCN(Cc4cccc(OCCO)c4)CC3)O2)cs1. The first-order valence-electron chi connectivity index (χ1n) is 11.0. The molecule has 0 aliphatic carbocycles. The van der Waals surface area contributed by atoms with E-state index in [1.165, 1.54) is 16.9 Å². The van der Waals surface area contributed by atoms with Crippen molar-refractivity contribution in [3.8, 4) is 5.75 Å². The van der Waals surface area contributed by atoms with Gasteiger partial charge in [-0.15, -0.1) is 11.3 Å². The summed E-state index contributed by atoms with van der Waals surface area (Å²) in [4.78, 5) is 18.9. The smallest absolute Gasteiger partial charge is 0.270 e. The van der Waals surface area contributed by atoms with Crippen LogP contribution in [0.1, 0.15) is 46.7 Å². The average Bonchev–Trinajstić information content (AvgIpc) is 3.39. The molecule has 31 heavy (non-hydrogen) atoms. The van der Waals surface area contributed by atoms with Crippen LogP contribution in [0.2, 0.25) is 0 Å². The highest BCUT2D eigenvalue weighted by molar-refractivity contribution is 7.09. The van der Waals surface area contributed by atoms with E-state index in [0.717, 1.165) is 56.1 Å². The van der Waals surface area contributed by atoms with Crippen LogP contribution >= 0.6 is 11.3 Å². The molecule has 0 radical (unpaired) electrons. The van der Waals surface area contributed by atoms with E-state index >= 15 is 0 Å². The van der Waals surface area contributed by atoms with E-state index in [-0.39, 0.29) is 24.2 Å². The van der Waals surface area contributed by atoms with Gasteiger partial charge in [0.05, 0.1) is 23.3 Å². The number of nitrogens with zero attached hydrogens (tertiary/aromatic N) is 2. The van der Waals surface area contributed by atoms with Crippen LogP contribution in [0.25, 0.3) is 0 Å². The first-order chi connectivity index (χ1) is 15.0. The summed E-state index contributed by atoms with van der Waals surface area (Å²) in [6, 6.07) is 8.09. The Labute approximate surface area is 187 Å². The number of amides is 1. The Morgan fingerprint density at radius 3 is 2.97 bits per heavy atom. The van der Waals surface area contributed by atoms with E-state index < -0.39 is 0 Å². The lowest BCUT2D eigenvalue weighted by Gasteiger charge is -2.39. The number of carbonyl (C=O) groups is 1. The van der Waals surface area contributed by atoms with Crippen molar-refractivity contribution in [2.45, 2.75) is 50.9 Å². The van der Waals surface area contributed by atoms with Gasteiger partial charge in [0.15, 0.2) is 0 Å². The number of hydrogen-bond donors (Lipinski definition) is 2. The number of hydrogen-bond acceptors (Lipinski definition) is 7. The van der Waals surface area contributed by atoms with Gasteiger partial charge in [-0.3, -0.25) is 9.69 Å². The molecule has 7 nitrogen and oxygen atoms in total. The molecular formula is C23H31N3O4S. The van der Waals surface area contributed by atoms with Crippen molar-refractivity contribution in [2.24, 2.45) is 0 Å². The van der Waals surface area contributed by atoms with Crippen LogP contribution in [0.4, 0.5) is 0 Å². The fourth-order valence-corrected chi connectivity index (χ4v) is 5.04. The van der Waals surface area contributed by atoms with Crippen LogP contribution in [0.5, 0.6) is 5.75 Å². The van der Waals surface area contributed by atoms with E-state index in [4.69, 9.17) is 14.6 Å². The molecule has 8 heteroatoms. The highest BCUT2D eigenvalue weighted by Crippen LogP contribution is 2.39. The number of aromatic nitrogens is 1. The quantitative estimate of drug-likeness (QED) is 0.650. The molecule has 0 saturated carbocycles.